The fourth-order valence-corrected chi connectivity index (χ4v) is 2.16. The molecule has 0 heterocycles. The van der Waals surface area contributed by atoms with E-state index >= 15 is 0 Å². The van der Waals surface area contributed by atoms with Crippen LogP contribution >= 0.6 is 0 Å². The lowest BCUT2D eigenvalue weighted by atomic mass is 10.1. The number of hydrogen-bond donors (Lipinski definition) is 2. The highest BCUT2D eigenvalue weighted by atomic mass is 16.3. The monoisotopic (exact) mass is 258 g/mol. The summed E-state index contributed by atoms with van der Waals surface area (Å²) in [7, 11) is 0. The molecule has 0 saturated heterocycles. The summed E-state index contributed by atoms with van der Waals surface area (Å²) < 4.78 is 0. The summed E-state index contributed by atoms with van der Waals surface area (Å²) in [5.41, 5.74) is 0. The first-order valence-corrected chi connectivity index (χ1v) is 7.42. The van der Waals surface area contributed by atoms with E-state index in [1.807, 2.05) is 0 Å². The van der Waals surface area contributed by atoms with Crippen LogP contribution in [-0.2, 0) is 0 Å². The standard InChI is InChI=1S/C15H34N2O/c1-12(2)7-16-8-15(18)11-17(9-13(3)4)10-14(5)6/h12-16,18H,7-11H2,1-6H3. The quantitative estimate of drug-likeness (QED) is 0.630. The number of nitrogens with one attached hydrogen (secondary N) is 1. The Labute approximate surface area is 114 Å². The molecular formula is C15H34N2O. The Bertz CT molecular complexity index is 183. The van der Waals surface area contributed by atoms with Gasteiger partial charge in [0.15, 0.2) is 0 Å². The minimum Gasteiger partial charge on any atom is -0.390 e. The fourth-order valence-electron chi connectivity index (χ4n) is 2.16. The van der Waals surface area contributed by atoms with E-state index < -0.39 is 0 Å². The molecule has 0 aromatic carbocycles. The van der Waals surface area contributed by atoms with Crippen molar-refractivity contribution >= 4 is 0 Å². The molecule has 0 saturated carbocycles. The van der Waals surface area contributed by atoms with Gasteiger partial charge in [-0.1, -0.05) is 41.5 Å². The van der Waals surface area contributed by atoms with Crippen LogP contribution < -0.4 is 5.32 Å². The first kappa shape index (κ1) is 17.9. The van der Waals surface area contributed by atoms with E-state index in [4.69, 9.17) is 0 Å². The average molecular weight is 258 g/mol. The Morgan fingerprint density at radius 2 is 1.28 bits per heavy atom. The van der Waals surface area contributed by atoms with Crippen LogP contribution in [-0.4, -0.2) is 48.8 Å². The van der Waals surface area contributed by atoms with Gasteiger partial charge in [-0.05, 0) is 24.3 Å². The molecule has 1 unspecified atom stereocenters. The first-order valence-electron chi connectivity index (χ1n) is 7.42. The van der Waals surface area contributed by atoms with Gasteiger partial charge in [-0.25, -0.2) is 0 Å². The zero-order chi connectivity index (χ0) is 14.1. The molecule has 0 aliphatic heterocycles. The second kappa shape index (κ2) is 9.76. The summed E-state index contributed by atoms with van der Waals surface area (Å²) in [6.07, 6.45) is -0.263. The van der Waals surface area contributed by atoms with E-state index in [1.165, 1.54) is 0 Å². The van der Waals surface area contributed by atoms with E-state index in [1.54, 1.807) is 0 Å². The number of hydrogen-bond acceptors (Lipinski definition) is 3. The average Bonchev–Trinajstić information content (AvgIpc) is 2.13. The number of rotatable bonds is 10. The molecule has 0 fully saturated rings. The predicted octanol–water partition coefficient (Wildman–Crippen LogP) is 2.21. The number of nitrogens with zero attached hydrogens (tertiary/aromatic N) is 1. The topological polar surface area (TPSA) is 35.5 Å². The Morgan fingerprint density at radius 1 is 0.778 bits per heavy atom. The highest BCUT2D eigenvalue weighted by molar-refractivity contribution is 4.69. The third-order valence-corrected chi connectivity index (χ3v) is 2.65. The third-order valence-electron chi connectivity index (χ3n) is 2.65. The van der Waals surface area contributed by atoms with Crippen molar-refractivity contribution in [3.05, 3.63) is 0 Å². The molecule has 0 radical (unpaired) electrons. The smallest absolute Gasteiger partial charge is 0.0791 e. The number of aliphatic hydroxyl groups excluding tert-OH is 1. The van der Waals surface area contributed by atoms with Crippen molar-refractivity contribution in [1.29, 1.82) is 0 Å². The van der Waals surface area contributed by atoms with Crippen LogP contribution in [0, 0.1) is 17.8 Å². The molecule has 3 nitrogen and oxygen atoms in total. The maximum atomic E-state index is 10.1. The Balaban J connectivity index is 3.97. The van der Waals surface area contributed by atoms with Crippen molar-refractivity contribution in [1.82, 2.24) is 10.2 Å². The molecule has 0 spiro atoms. The van der Waals surface area contributed by atoms with Crippen molar-refractivity contribution < 1.29 is 5.11 Å². The van der Waals surface area contributed by atoms with Crippen LogP contribution in [0.2, 0.25) is 0 Å². The maximum Gasteiger partial charge on any atom is 0.0791 e. The van der Waals surface area contributed by atoms with Gasteiger partial charge in [0, 0.05) is 26.2 Å². The lowest BCUT2D eigenvalue weighted by molar-refractivity contribution is 0.0971. The van der Waals surface area contributed by atoms with Gasteiger partial charge in [0.25, 0.3) is 0 Å². The largest absolute Gasteiger partial charge is 0.390 e. The fraction of sp³-hybridized carbons (Fsp3) is 1.00. The van der Waals surface area contributed by atoms with Crippen LogP contribution in [0.4, 0.5) is 0 Å². The molecule has 0 bridgehead atoms. The van der Waals surface area contributed by atoms with Crippen molar-refractivity contribution in [3.8, 4) is 0 Å². The van der Waals surface area contributed by atoms with Crippen LogP contribution in [0.3, 0.4) is 0 Å². The van der Waals surface area contributed by atoms with E-state index in [-0.39, 0.29) is 6.10 Å². The highest BCUT2D eigenvalue weighted by Gasteiger charge is 2.14. The molecule has 0 aromatic heterocycles. The van der Waals surface area contributed by atoms with Gasteiger partial charge in [-0.3, -0.25) is 0 Å². The number of aliphatic hydroxyl groups is 1. The normalized spacial score (nSPS) is 14.2. The molecule has 18 heavy (non-hydrogen) atoms. The minimum atomic E-state index is -0.263. The summed E-state index contributed by atoms with van der Waals surface area (Å²) in [4.78, 5) is 2.39. The second-order valence-electron chi connectivity index (χ2n) is 6.71. The lowest BCUT2D eigenvalue weighted by Crippen LogP contribution is -2.42. The molecule has 3 heteroatoms. The van der Waals surface area contributed by atoms with Crippen LogP contribution in [0.5, 0.6) is 0 Å². The molecule has 0 aliphatic carbocycles. The molecule has 2 N–H and O–H groups in total. The molecule has 1 atom stereocenters. The summed E-state index contributed by atoms with van der Waals surface area (Å²) in [5.74, 6) is 1.94. The van der Waals surface area contributed by atoms with E-state index in [0.29, 0.717) is 24.3 Å². The third kappa shape index (κ3) is 11.0. The molecule has 0 amide bonds. The second-order valence-corrected chi connectivity index (χ2v) is 6.71. The van der Waals surface area contributed by atoms with E-state index in [2.05, 4.69) is 51.8 Å². The first-order chi connectivity index (χ1) is 8.31. The zero-order valence-electron chi connectivity index (χ0n) is 13.2. The van der Waals surface area contributed by atoms with Crippen molar-refractivity contribution in [2.24, 2.45) is 17.8 Å². The van der Waals surface area contributed by atoms with Gasteiger partial charge in [0.05, 0.1) is 6.10 Å². The minimum absolute atomic E-state index is 0.263. The summed E-state index contributed by atoms with van der Waals surface area (Å²) in [6.45, 7) is 17.9. The van der Waals surface area contributed by atoms with Crippen LogP contribution in [0.1, 0.15) is 41.5 Å². The van der Waals surface area contributed by atoms with Gasteiger partial charge >= 0.3 is 0 Å². The lowest BCUT2D eigenvalue weighted by Gasteiger charge is -2.28. The van der Waals surface area contributed by atoms with Gasteiger partial charge in [0.2, 0.25) is 0 Å². The SMILES string of the molecule is CC(C)CNCC(O)CN(CC(C)C)CC(C)C. The summed E-state index contributed by atoms with van der Waals surface area (Å²) in [5, 5.41) is 13.4. The van der Waals surface area contributed by atoms with Gasteiger partial charge < -0.3 is 15.3 Å². The highest BCUT2D eigenvalue weighted by Crippen LogP contribution is 2.04. The Kier molecular flexibility index (Phi) is 9.70. The van der Waals surface area contributed by atoms with Crippen LogP contribution in [0.15, 0.2) is 0 Å². The summed E-state index contributed by atoms with van der Waals surface area (Å²) in [6, 6.07) is 0. The maximum absolute atomic E-state index is 10.1. The van der Waals surface area contributed by atoms with E-state index in [9.17, 15) is 5.11 Å². The van der Waals surface area contributed by atoms with Crippen molar-refractivity contribution in [2.75, 3.05) is 32.7 Å². The Hall–Kier alpha value is -0.120. The zero-order valence-corrected chi connectivity index (χ0v) is 13.2. The van der Waals surface area contributed by atoms with Gasteiger partial charge in [-0.2, -0.15) is 0 Å². The van der Waals surface area contributed by atoms with Gasteiger partial charge in [-0.15, -0.1) is 0 Å². The molecule has 110 valence electrons. The Morgan fingerprint density at radius 3 is 1.67 bits per heavy atom. The van der Waals surface area contributed by atoms with Crippen molar-refractivity contribution in [3.63, 3.8) is 0 Å². The molecule has 0 aromatic rings. The van der Waals surface area contributed by atoms with Crippen molar-refractivity contribution in [2.45, 2.75) is 47.6 Å². The molecule has 0 aliphatic rings. The molecular weight excluding hydrogens is 224 g/mol. The summed E-state index contributed by atoms with van der Waals surface area (Å²) >= 11 is 0. The molecule has 0 rings (SSSR count). The van der Waals surface area contributed by atoms with Gasteiger partial charge in [0.1, 0.15) is 0 Å². The van der Waals surface area contributed by atoms with Crippen LogP contribution in [0.25, 0.3) is 0 Å². The van der Waals surface area contributed by atoms with E-state index in [0.717, 1.165) is 26.2 Å². The predicted molar refractivity (Wildman–Crippen MR) is 79.8 cm³/mol.